The van der Waals surface area contributed by atoms with E-state index in [2.05, 4.69) is 16.0 Å². The van der Waals surface area contributed by atoms with E-state index >= 15 is 0 Å². The Morgan fingerprint density at radius 1 is 1.03 bits per heavy atom. The van der Waals surface area contributed by atoms with Gasteiger partial charge >= 0.3 is 12.1 Å². The molecule has 3 aromatic rings. The van der Waals surface area contributed by atoms with Crippen LogP contribution in [0.3, 0.4) is 0 Å². The number of alkyl carbamates (subject to hydrolysis) is 1. The number of rotatable bonds is 11. The highest BCUT2D eigenvalue weighted by molar-refractivity contribution is 5.81. The van der Waals surface area contributed by atoms with E-state index in [1.807, 2.05) is 18.2 Å². The first-order valence-corrected chi connectivity index (χ1v) is 11.2. The molecule has 0 radical (unpaired) electrons. The minimum absolute atomic E-state index is 0.127. The van der Waals surface area contributed by atoms with Crippen LogP contribution in [0.25, 0.3) is 11.1 Å². The molecule has 10 nitrogen and oxygen atoms in total. The Hall–Kier alpha value is -4.34. The molecule has 4 rings (SSSR count). The lowest BCUT2D eigenvalue weighted by atomic mass is 10.0. The molecule has 0 bridgehead atoms. The van der Waals surface area contributed by atoms with Crippen molar-refractivity contribution in [2.45, 2.75) is 31.8 Å². The molecule has 1 fully saturated rings. The number of carbonyl (C=O) groups is 2. The van der Waals surface area contributed by atoms with Crippen molar-refractivity contribution in [3.8, 4) is 16.9 Å². The molecule has 0 unspecified atom stereocenters. The Balaban J connectivity index is 1.40. The smallest absolute Gasteiger partial charge is 0.407 e. The Morgan fingerprint density at radius 2 is 1.74 bits per heavy atom. The van der Waals surface area contributed by atoms with Crippen LogP contribution in [-0.4, -0.2) is 42.5 Å². The molecule has 182 valence electrons. The van der Waals surface area contributed by atoms with Crippen molar-refractivity contribution in [2.24, 2.45) is 0 Å². The van der Waals surface area contributed by atoms with Crippen LogP contribution in [-0.2, 0) is 9.53 Å². The lowest BCUT2D eigenvalue weighted by molar-refractivity contribution is -0.140. The second-order valence-corrected chi connectivity index (χ2v) is 8.12. The van der Waals surface area contributed by atoms with Crippen molar-refractivity contribution in [1.82, 2.24) is 5.32 Å². The van der Waals surface area contributed by atoms with Crippen LogP contribution in [0, 0.1) is 0 Å². The summed E-state index contributed by atoms with van der Waals surface area (Å²) in [6.45, 7) is 1.47. The summed E-state index contributed by atoms with van der Waals surface area (Å²) >= 11 is 0. The minimum atomic E-state index is -1.26. The van der Waals surface area contributed by atoms with E-state index < -0.39 is 29.0 Å². The average Bonchev–Trinajstić information content (AvgIpc) is 3.68. The lowest BCUT2D eigenvalue weighted by Gasteiger charge is -2.16. The molecule has 1 aliphatic rings. The quantitative estimate of drug-likeness (QED) is 0.305. The predicted octanol–water partition coefficient (Wildman–Crippen LogP) is 2.85. The minimum Gasteiger partial charge on any atom is -0.491 e. The molecule has 3 aromatic carbocycles. The summed E-state index contributed by atoms with van der Waals surface area (Å²) in [6, 6.07) is 13.4. The zero-order chi connectivity index (χ0) is 24.9. The number of hydrogen-bond donors (Lipinski definition) is 4. The van der Waals surface area contributed by atoms with Gasteiger partial charge in [-0.25, -0.2) is 9.59 Å². The summed E-state index contributed by atoms with van der Waals surface area (Å²) in [4.78, 5) is 46.7. The van der Waals surface area contributed by atoms with Gasteiger partial charge in [0.05, 0.1) is 6.61 Å². The number of nitrogens with one attached hydrogen (secondary N) is 3. The second-order valence-electron chi connectivity index (χ2n) is 8.12. The second kappa shape index (κ2) is 10.3. The Kier molecular flexibility index (Phi) is 7.00. The highest BCUT2D eigenvalue weighted by atomic mass is 16.5. The van der Waals surface area contributed by atoms with Gasteiger partial charge in [0.25, 0.3) is 10.9 Å². The molecule has 0 aliphatic heterocycles. The molecule has 1 amide bonds. The molecule has 0 spiro atoms. The maximum atomic E-state index is 12.0. The van der Waals surface area contributed by atoms with Gasteiger partial charge in [-0.1, -0.05) is 24.3 Å². The fourth-order valence-electron chi connectivity index (χ4n) is 3.41. The third-order valence-electron chi connectivity index (χ3n) is 5.44. The highest BCUT2D eigenvalue weighted by Crippen LogP contribution is 2.30. The van der Waals surface area contributed by atoms with Crippen LogP contribution >= 0.6 is 0 Å². The van der Waals surface area contributed by atoms with Crippen LogP contribution in [0.5, 0.6) is 5.75 Å². The summed E-state index contributed by atoms with van der Waals surface area (Å²) in [5, 5.41) is 17.7. The Morgan fingerprint density at radius 3 is 2.40 bits per heavy atom. The summed E-state index contributed by atoms with van der Waals surface area (Å²) in [5.74, 6) is -0.810. The first-order valence-electron chi connectivity index (χ1n) is 11.2. The SMILES string of the molecule is CCOC(=O)N[C@@H](COc1ccc(-c2cccc(Nc3c(NC4CC4)c(=O)c3=O)c2)cc1)C(=O)O. The summed E-state index contributed by atoms with van der Waals surface area (Å²) in [6.07, 6.45) is 1.16. The van der Waals surface area contributed by atoms with E-state index in [9.17, 15) is 24.3 Å². The molecule has 1 aliphatic carbocycles. The monoisotopic (exact) mass is 479 g/mol. The Bertz CT molecular complexity index is 1290. The van der Waals surface area contributed by atoms with Gasteiger partial charge in [-0.15, -0.1) is 0 Å². The number of aliphatic carboxylic acids is 1. The van der Waals surface area contributed by atoms with Gasteiger partial charge in [-0.3, -0.25) is 9.59 Å². The topological polar surface area (TPSA) is 143 Å². The van der Waals surface area contributed by atoms with Crippen LogP contribution < -0.4 is 31.5 Å². The van der Waals surface area contributed by atoms with Crippen LogP contribution in [0.1, 0.15) is 19.8 Å². The Labute approximate surface area is 200 Å². The summed E-state index contributed by atoms with van der Waals surface area (Å²) in [5.41, 5.74) is 2.01. The van der Waals surface area contributed by atoms with Gasteiger partial charge in [0.2, 0.25) is 0 Å². The number of anilines is 3. The molecular formula is C25H25N3O7. The van der Waals surface area contributed by atoms with E-state index in [1.165, 1.54) is 0 Å². The standard InChI is InChI=1S/C25H25N3O7/c1-2-34-25(33)28-19(24(31)32)13-35-18-10-6-14(7-11-18)15-4-3-5-17(12-15)27-21-20(22(29)23(21)30)26-16-8-9-16/h3-7,10-12,16,19,26-27H,2,8-9,13H2,1H3,(H,28,33)(H,31,32)/t19-/m0/s1. The van der Waals surface area contributed by atoms with Crippen LogP contribution in [0.2, 0.25) is 0 Å². The van der Waals surface area contributed by atoms with Crippen molar-refractivity contribution in [2.75, 3.05) is 23.8 Å². The molecule has 4 N–H and O–H groups in total. The average molecular weight is 479 g/mol. The lowest BCUT2D eigenvalue weighted by Crippen LogP contribution is -2.45. The number of amides is 1. The van der Waals surface area contributed by atoms with Gasteiger partial charge in [0.15, 0.2) is 6.04 Å². The van der Waals surface area contributed by atoms with Crippen molar-refractivity contribution >= 4 is 29.1 Å². The molecule has 0 heterocycles. The first-order chi connectivity index (χ1) is 16.9. The largest absolute Gasteiger partial charge is 0.491 e. The predicted molar refractivity (Wildman–Crippen MR) is 130 cm³/mol. The third kappa shape index (κ3) is 5.78. The number of carbonyl (C=O) groups excluding carboxylic acids is 1. The van der Waals surface area contributed by atoms with Crippen LogP contribution in [0.4, 0.5) is 21.9 Å². The van der Waals surface area contributed by atoms with Gasteiger partial charge in [-0.2, -0.15) is 0 Å². The van der Waals surface area contributed by atoms with E-state index in [4.69, 9.17) is 9.47 Å². The number of ether oxygens (including phenoxy) is 2. The maximum absolute atomic E-state index is 12.0. The van der Waals surface area contributed by atoms with Gasteiger partial charge in [0.1, 0.15) is 23.7 Å². The molecule has 10 heteroatoms. The fraction of sp³-hybridized carbons (Fsp3) is 0.280. The molecule has 1 atom stereocenters. The van der Waals surface area contributed by atoms with E-state index in [0.29, 0.717) is 17.1 Å². The highest BCUT2D eigenvalue weighted by Gasteiger charge is 2.28. The van der Waals surface area contributed by atoms with Gasteiger partial charge in [0, 0.05) is 11.7 Å². The number of benzene rings is 2. The van der Waals surface area contributed by atoms with Gasteiger partial charge < -0.3 is 30.5 Å². The van der Waals surface area contributed by atoms with Crippen molar-refractivity contribution in [3.63, 3.8) is 0 Å². The third-order valence-corrected chi connectivity index (χ3v) is 5.44. The summed E-state index contributed by atoms with van der Waals surface area (Å²) < 4.78 is 10.2. The van der Waals surface area contributed by atoms with Crippen molar-refractivity contribution in [1.29, 1.82) is 0 Å². The zero-order valence-corrected chi connectivity index (χ0v) is 19.0. The number of carboxylic acid groups (broad SMARTS) is 1. The molecule has 0 aromatic heterocycles. The van der Waals surface area contributed by atoms with Crippen molar-refractivity contribution in [3.05, 3.63) is 69.0 Å². The first kappa shape index (κ1) is 23.8. The number of carboxylic acids is 1. The van der Waals surface area contributed by atoms with Crippen LogP contribution in [0.15, 0.2) is 58.1 Å². The van der Waals surface area contributed by atoms with E-state index in [1.54, 1.807) is 37.3 Å². The molecule has 0 saturated heterocycles. The molecule has 35 heavy (non-hydrogen) atoms. The normalized spacial score (nSPS) is 13.6. The zero-order valence-electron chi connectivity index (χ0n) is 19.0. The van der Waals surface area contributed by atoms with Crippen molar-refractivity contribution < 1.29 is 24.2 Å². The fourth-order valence-corrected chi connectivity index (χ4v) is 3.41. The molecular weight excluding hydrogens is 454 g/mol. The summed E-state index contributed by atoms with van der Waals surface area (Å²) in [7, 11) is 0. The van der Waals surface area contributed by atoms with E-state index in [-0.39, 0.29) is 24.9 Å². The van der Waals surface area contributed by atoms with E-state index in [0.717, 1.165) is 24.0 Å². The molecule has 1 saturated carbocycles. The maximum Gasteiger partial charge on any atom is 0.407 e. The van der Waals surface area contributed by atoms with Gasteiger partial charge in [-0.05, 0) is 55.2 Å². The number of hydrogen-bond acceptors (Lipinski definition) is 8.